The average Bonchev–Trinajstić information content (AvgIpc) is 2.97. The first kappa shape index (κ1) is 34.9. The van der Waals surface area contributed by atoms with Crippen LogP contribution in [0, 0.1) is 24.5 Å². The topological polar surface area (TPSA) is 72.5 Å². The van der Waals surface area contributed by atoms with Crippen molar-refractivity contribution in [2.24, 2.45) is 5.92 Å². The maximum absolute atomic E-state index is 14.7. The Balaban J connectivity index is 0.00000506. The van der Waals surface area contributed by atoms with E-state index in [4.69, 9.17) is 0 Å². The number of hydrogen-bond acceptors (Lipinski definition) is 5. The molecule has 1 N–H and O–H groups in total. The van der Waals surface area contributed by atoms with Gasteiger partial charge in [0.1, 0.15) is 11.6 Å². The van der Waals surface area contributed by atoms with E-state index in [1.54, 1.807) is 6.07 Å². The van der Waals surface area contributed by atoms with E-state index < -0.39 is 29.6 Å². The van der Waals surface area contributed by atoms with Crippen LogP contribution >= 0.6 is 11.8 Å². The molecule has 0 bridgehead atoms. The predicted octanol–water partition coefficient (Wildman–Crippen LogP) is 3.13. The fraction of sp³-hybridized carbons (Fsp3) is 0.412. The van der Waals surface area contributed by atoms with E-state index in [-0.39, 0.29) is 25.3 Å². The monoisotopic (exact) mass is 600 g/mol. The molecule has 1 unspecified atom stereocenters. The van der Waals surface area contributed by atoms with Gasteiger partial charge in [-0.3, -0.25) is 9.69 Å². The summed E-state index contributed by atoms with van der Waals surface area (Å²) in [5, 5.41) is 14.4. The van der Waals surface area contributed by atoms with E-state index in [0.717, 1.165) is 42.1 Å². The molecule has 1 fully saturated rings. The van der Waals surface area contributed by atoms with E-state index in [1.807, 2.05) is 49.6 Å². The molecule has 0 aliphatic heterocycles. The van der Waals surface area contributed by atoms with Crippen LogP contribution in [0.5, 0.6) is 0 Å². The van der Waals surface area contributed by atoms with Gasteiger partial charge in [0.15, 0.2) is 0 Å². The summed E-state index contributed by atoms with van der Waals surface area (Å²) in [5.74, 6) is -1.85. The molecule has 0 radical (unpaired) electrons. The molecule has 1 aliphatic carbocycles. The number of carboxylic acids is 1. The zero-order valence-electron chi connectivity index (χ0n) is 25.3. The second-order valence-electron chi connectivity index (χ2n) is 11.2. The third-order valence-electron chi connectivity index (χ3n) is 8.02. The van der Waals surface area contributed by atoms with Gasteiger partial charge in [-0.2, -0.15) is 11.8 Å². The molecule has 1 aliphatic rings. The Morgan fingerprint density at radius 2 is 1.74 bits per heavy atom. The van der Waals surface area contributed by atoms with Crippen molar-refractivity contribution in [3.8, 4) is 11.1 Å². The molecule has 0 spiro atoms. The van der Waals surface area contributed by atoms with Crippen LogP contribution in [0.15, 0.2) is 60.7 Å². The molecule has 3 aromatic rings. The number of aryl methyl sites for hydroxylation is 1. The zero-order valence-corrected chi connectivity index (χ0v) is 26.2. The first-order valence-electron chi connectivity index (χ1n) is 14.6. The van der Waals surface area contributed by atoms with Crippen LogP contribution in [0.3, 0.4) is 0 Å². The van der Waals surface area contributed by atoms with Gasteiger partial charge in [0.2, 0.25) is 0 Å². The second kappa shape index (κ2) is 17.0. The van der Waals surface area contributed by atoms with Crippen molar-refractivity contribution in [1.29, 1.82) is 0 Å². The van der Waals surface area contributed by atoms with E-state index in [2.05, 4.69) is 10.2 Å². The van der Waals surface area contributed by atoms with Crippen LogP contribution in [-0.4, -0.2) is 41.4 Å². The van der Waals surface area contributed by atoms with Gasteiger partial charge in [0.25, 0.3) is 5.91 Å². The van der Waals surface area contributed by atoms with Crippen molar-refractivity contribution in [2.45, 2.75) is 64.6 Å². The van der Waals surface area contributed by atoms with Gasteiger partial charge in [-0.15, -0.1) is 0 Å². The summed E-state index contributed by atoms with van der Waals surface area (Å²) in [6.07, 6.45) is 8.03. The number of thioether (sulfide) groups is 1. The Labute approximate surface area is 270 Å². The van der Waals surface area contributed by atoms with Crippen molar-refractivity contribution < 1.29 is 42.3 Å². The number of carboxylic acid groups (broad SMARTS) is 1. The Morgan fingerprint density at radius 3 is 2.42 bits per heavy atom. The minimum atomic E-state index is -1.31. The predicted molar refractivity (Wildman–Crippen MR) is 163 cm³/mol. The summed E-state index contributed by atoms with van der Waals surface area (Å²) in [6, 6.07) is 16.0. The van der Waals surface area contributed by atoms with Gasteiger partial charge >= 0.3 is 18.9 Å². The molecule has 224 valence electrons. The van der Waals surface area contributed by atoms with Crippen LogP contribution < -0.4 is 29.3 Å². The third kappa shape index (κ3) is 9.94. The van der Waals surface area contributed by atoms with Crippen LogP contribution in [-0.2, 0) is 17.9 Å². The Morgan fingerprint density at radius 1 is 1.00 bits per heavy atom. The number of nitrogens with one attached hydrogen (secondary N) is 1. The summed E-state index contributed by atoms with van der Waals surface area (Å²) >= 11 is 1.50. The van der Waals surface area contributed by atoms with Crippen molar-refractivity contribution in [3.05, 3.63) is 94.6 Å². The maximum Gasteiger partial charge on any atom is 1.00 e. The number of rotatable bonds is 13. The molecular formula is C34H39F2LiN2O3S. The minimum Gasteiger partial charge on any atom is -0.548 e. The number of aliphatic carboxylic acids is 1. The Kier molecular flexibility index (Phi) is 13.8. The number of halogens is 2. The molecule has 1 saturated carbocycles. The number of hydrogen-bond donors (Lipinski definition) is 1. The number of carbonyl (C=O) groups is 2. The first-order valence-corrected chi connectivity index (χ1v) is 16.0. The maximum atomic E-state index is 14.7. The van der Waals surface area contributed by atoms with Crippen LogP contribution in [0.1, 0.15) is 65.6 Å². The molecule has 9 heteroatoms. The van der Waals surface area contributed by atoms with E-state index in [1.165, 1.54) is 43.2 Å². The molecule has 0 aromatic heterocycles. The summed E-state index contributed by atoms with van der Waals surface area (Å²) in [4.78, 5) is 27.4. The van der Waals surface area contributed by atoms with Gasteiger partial charge in [0, 0.05) is 36.8 Å². The molecule has 1 atom stereocenters. The average molecular weight is 601 g/mol. The second-order valence-corrected chi connectivity index (χ2v) is 12.2. The summed E-state index contributed by atoms with van der Waals surface area (Å²) in [6.45, 7) is 3.62. The number of benzene rings is 3. The van der Waals surface area contributed by atoms with Crippen molar-refractivity contribution >= 4 is 23.6 Å². The zero-order chi connectivity index (χ0) is 30.1. The molecule has 3 aromatic carbocycles. The first-order chi connectivity index (χ1) is 20.2. The van der Waals surface area contributed by atoms with E-state index in [9.17, 15) is 23.5 Å². The fourth-order valence-corrected chi connectivity index (χ4v) is 6.25. The van der Waals surface area contributed by atoms with Gasteiger partial charge in [-0.1, -0.05) is 55.7 Å². The molecule has 1 amide bonds. The largest absolute Gasteiger partial charge is 1.00 e. The normalized spacial score (nSPS) is 14.3. The summed E-state index contributed by atoms with van der Waals surface area (Å²) < 4.78 is 28.3. The van der Waals surface area contributed by atoms with Crippen LogP contribution in [0.4, 0.5) is 8.78 Å². The quantitative estimate of drug-likeness (QED) is 0.306. The van der Waals surface area contributed by atoms with Crippen molar-refractivity contribution in [2.75, 3.05) is 18.6 Å². The van der Waals surface area contributed by atoms with Crippen molar-refractivity contribution in [3.63, 3.8) is 0 Å². The molecule has 0 heterocycles. The van der Waals surface area contributed by atoms with E-state index >= 15 is 0 Å². The van der Waals surface area contributed by atoms with Gasteiger partial charge in [-0.05, 0) is 84.6 Å². The molecule has 0 saturated heterocycles. The molecule has 5 nitrogen and oxygen atoms in total. The molecule has 43 heavy (non-hydrogen) atoms. The van der Waals surface area contributed by atoms with E-state index in [0.29, 0.717) is 41.5 Å². The number of amides is 1. The molecular weight excluding hydrogens is 561 g/mol. The van der Waals surface area contributed by atoms with Crippen molar-refractivity contribution in [1.82, 2.24) is 10.2 Å². The SMILES string of the molecule is CSCCC(NC(=O)c1ccc(CN(Cc2ccc(F)cc2F)CC2CCCCC2)cc1-c1ccccc1C)C(=O)[O-].[Li+]. The fourth-order valence-electron chi connectivity index (χ4n) is 5.78. The minimum absolute atomic E-state index is 0. The number of nitrogens with zero attached hydrogens (tertiary/aromatic N) is 1. The number of carbonyl (C=O) groups excluding carboxylic acids is 2. The van der Waals surface area contributed by atoms with Gasteiger partial charge in [0.05, 0.1) is 12.0 Å². The smallest absolute Gasteiger partial charge is 0.548 e. The Hall–Kier alpha value is -2.63. The standard InChI is InChI=1S/C34H40F2N2O3S.Li/c1-23-8-6-7-11-28(23)30-18-25(12-15-29(30)33(39)37-32(34(40)41)16-17-42-2)21-38(20-24-9-4-3-5-10-24)22-26-13-14-27(35)19-31(26)36;/h6-8,11-15,18-19,24,32H,3-5,9-10,16-17,20-22H2,1-2H3,(H,37,39)(H,40,41);/q;+1/p-1. The van der Waals surface area contributed by atoms with Gasteiger partial charge in [-0.25, -0.2) is 8.78 Å². The summed E-state index contributed by atoms with van der Waals surface area (Å²) in [7, 11) is 0. The Bertz CT molecular complexity index is 1380. The van der Waals surface area contributed by atoms with Gasteiger partial charge < -0.3 is 15.2 Å². The molecule has 4 rings (SSSR count). The van der Waals surface area contributed by atoms with Crippen LogP contribution in [0.2, 0.25) is 0 Å². The van der Waals surface area contributed by atoms with Crippen LogP contribution in [0.25, 0.3) is 11.1 Å². The summed E-state index contributed by atoms with van der Waals surface area (Å²) in [5.41, 5.74) is 4.34. The third-order valence-corrected chi connectivity index (χ3v) is 8.66.